The van der Waals surface area contributed by atoms with Gasteiger partial charge in [-0.2, -0.15) is 4.31 Å². The number of morpholine rings is 1. The lowest BCUT2D eigenvalue weighted by molar-refractivity contribution is 0.0730. The van der Waals surface area contributed by atoms with Gasteiger partial charge in [0, 0.05) is 35.7 Å². The summed E-state index contributed by atoms with van der Waals surface area (Å²) in [6, 6.07) is 9.18. The average molecular weight is 483 g/mol. The predicted octanol–water partition coefficient (Wildman–Crippen LogP) is 3.60. The lowest BCUT2D eigenvalue weighted by Crippen LogP contribution is -2.40. The number of halogens is 1. The Hall–Kier alpha value is -3.34. The molecule has 1 aliphatic heterocycles. The van der Waals surface area contributed by atoms with Gasteiger partial charge in [0.05, 0.1) is 29.0 Å². The Morgan fingerprint density at radius 3 is 2.59 bits per heavy atom. The minimum atomic E-state index is -3.72. The molecule has 34 heavy (non-hydrogen) atoms. The molecular weight excluding hydrogens is 459 g/mol. The number of nitrogens with one attached hydrogen (secondary N) is 2. The van der Waals surface area contributed by atoms with E-state index in [2.05, 4.69) is 15.3 Å². The molecule has 2 aromatic heterocycles. The summed E-state index contributed by atoms with van der Waals surface area (Å²) >= 11 is 0. The second-order valence-electron chi connectivity index (χ2n) is 8.29. The van der Waals surface area contributed by atoms with E-state index in [1.54, 1.807) is 25.1 Å². The van der Waals surface area contributed by atoms with E-state index in [0.29, 0.717) is 65.0 Å². The Kier molecular flexibility index (Phi) is 5.59. The van der Waals surface area contributed by atoms with Gasteiger partial charge < -0.3 is 15.0 Å². The van der Waals surface area contributed by atoms with E-state index in [1.165, 1.54) is 28.7 Å². The first-order valence-electron chi connectivity index (χ1n) is 10.8. The number of anilines is 2. The van der Waals surface area contributed by atoms with Crippen LogP contribution in [0.2, 0.25) is 0 Å². The molecule has 0 bridgehead atoms. The van der Waals surface area contributed by atoms with Gasteiger partial charge >= 0.3 is 0 Å². The number of hydrogen-bond donors (Lipinski definition) is 2. The molecule has 176 valence electrons. The first-order chi connectivity index (χ1) is 16.3. The van der Waals surface area contributed by atoms with Crippen LogP contribution in [-0.4, -0.2) is 49.0 Å². The van der Waals surface area contributed by atoms with Crippen molar-refractivity contribution in [1.82, 2.24) is 14.3 Å². The number of hydrogen-bond acceptors (Lipinski definition) is 6. The number of H-pyrrole nitrogens is 1. The highest BCUT2D eigenvalue weighted by molar-refractivity contribution is 7.89. The van der Waals surface area contributed by atoms with Gasteiger partial charge in [-0.05, 0) is 55.3 Å². The number of rotatable bonds is 4. The Morgan fingerprint density at radius 1 is 1.06 bits per heavy atom. The zero-order valence-electron chi connectivity index (χ0n) is 18.7. The van der Waals surface area contributed by atoms with Gasteiger partial charge in [-0.25, -0.2) is 17.8 Å². The number of nitrogens with zero attached hydrogens (tertiary/aromatic N) is 2. The highest BCUT2D eigenvalue weighted by Gasteiger charge is 2.28. The van der Waals surface area contributed by atoms with Crippen LogP contribution in [0.25, 0.3) is 21.7 Å². The Morgan fingerprint density at radius 2 is 1.82 bits per heavy atom. The van der Waals surface area contributed by atoms with Gasteiger partial charge in [0.15, 0.2) is 0 Å². The minimum Gasteiger partial charge on any atom is -0.379 e. The fourth-order valence-corrected chi connectivity index (χ4v) is 5.96. The maximum Gasteiger partial charge on any atom is 0.256 e. The maximum atomic E-state index is 13.9. The summed E-state index contributed by atoms with van der Waals surface area (Å²) in [5, 5.41) is 4.43. The monoisotopic (exact) mass is 482 g/mol. The van der Waals surface area contributed by atoms with Crippen molar-refractivity contribution in [3.05, 3.63) is 69.9 Å². The first kappa shape index (κ1) is 22.5. The normalized spacial score (nSPS) is 15.1. The first-order valence-corrected chi connectivity index (χ1v) is 12.3. The van der Waals surface area contributed by atoms with Gasteiger partial charge in [-0.1, -0.05) is 6.07 Å². The molecule has 0 atom stereocenters. The van der Waals surface area contributed by atoms with Crippen molar-refractivity contribution in [2.24, 2.45) is 0 Å². The SMILES string of the molecule is Cc1cc(C)c(S(=O)(=O)N2CCOCC2)cc1Nc1nc2ccc(F)cc2c2c(=O)[nH]ccc12. The molecule has 2 N–H and O–H groups in total. The van der Waals surface area contributed by atoms with Crippen LogP contribution in [0.3, 0.4) is 0 Å². The van der Waals surface area contributed by atoms with Crippen molar-refractivity contribution in [3.63, 3.8) is 0 Å². The predicted molar refractivity (Wildman–Crippen MR) is 129 cm³/mol. The van der Waals surface area contributed by atoms with Crippen LogP contribution in [0.15, 0.2) is 52.3 Å². The summed E-state index contributed by atoms with van der Waals surface area (Å²) in [6.45, 7) is 4.95. The van der Waals surface area contributed by atoms with Crippen LogP contribution in [-0.2, 0) is 14.8 Å². The summed E-state index contributed by atoms with van der Waals surface area (Å²) in [7, 11) is -3.72. The standard InChI is InChI=1S/C24H23FN4O4S/c1-14-11-15(2)21(34(31,32)29-7-9-33-10-8-29)13-20(14)28-23-17-5-6-26-24(30)22(17)18-12-16(25)3-4-19(18)27-23/h3-6,11-13H,7-10H2,1-2H3,(H,26,30)(H,27,28). The van der Waals surface area contributed by atoms with Gasteiger partial charge in [0.25, 0.3) is 5.56 Å². The number of sulfonamides is 1. The molecule has 1 aliphatic rings. The Bertz CT molecular complexity index is 1590. The molecule has 5 rings (SSSR count). The van der Waals surface area contributed by atoms with Gasteiger partial charge in [0.2, 0.25) is 10.0 Å². The fourth-order valence-electron chi connectivity index (χ4n) is 4.32. The van der Waals surface area contributed by atoms with Crippen molar-refractivity contribution in [2.75, 3.05) is 31.6 Å². The van der Waals surface area contributed by atoms with Crippen LogP contribution in [0, 0.1) is 19.7 Å². The lowest BCUT2D eigenvalue weighted by atomic mass is 10.1. The van der Waals surface area contributed by atoms with Gasteiger partial charge in [-0.15, -0.1) is 0 Å². The van der Waals surface area contributed by atoms with Crippen molar-refractivity contribution in [3.8, 4) is 0 Å². The van der Waals surface area contributed by atoms with Crippen LogP contribution < -0.4 is 10.9 Å². The van der Waals surface area contributed by atoms with Gasteiger partial charge in [0.1, 0.15) is 11.6 Å². The smallest absolute Gasteiger partial charge is 0.256 e. The molecule has 0 saturated carbocycles. The largest absolute Gasteiger partial charge is 0.379 e. The van der Waals surface area contributed by atoms with Crippen molar-refractivity contribution in [2.45, 2.75) is 18.7 Å². The summed E-state index contributed by atoms with van der Waals surface area (Å²) in [6.07, 6.45) is 1.50. The highest BCUT2D eigenvalue weighted by atomic mass is 32.2. The molecule has 0 unspecified atom stereocenters. The summed E-state index contributed by atoms with van der Waals surface area (Å²) in [4.78, 5) is 20.1. The molecule has 1 saturated heterocycles. The van der Waals surface area contributed by atoms with E-state index in [9.17, 15) is 17.6 Å². The van der Waals surface area contributed by atoms with E-state index >= 15 is 0 Å². The number of aromatic nitrogens is 2. The third kappa shape index (κ3) is 3.83. The number of aromatic amines is 1. The molecule has 4 aromatic rings. The third-order valence-corrected chi connectivity index (χ3v) is 8.08. The summed E-state index contributed by atoms with van der Waals surface area (Å²) in [5.74, 6) is -0.0891. The molecule has 10 heteroatoms. The quantitative estimate of drug-likeness (QED) is 0.431. The van der Waals surface area contributed by atoms with Crippen molar-refractivity contribution < 1.29 is 17.5 Å². The maximum absolute atomic E-state index is 13.9. The molecule has 0 radical (unpaired) electrons. The molecule has 0 spiro atoms. The highest BCUT2D eigenvalue weighted by Crippen LogP contribution is 2.33. The summed E-state index contributed by atoms with van der Waals surface area (Å²) in [5.41, 5.74) is 2.08. The molecule has 1 fully saturated rings. The van der Waals surface area contributed by atoms with Crippen LogP contribution in [0.4, 0.5) is 15.9 Å². The number of pyridine rings is 2. The summed E-state index contributed by atoms with van der Waals surface area (Å²) < 4.78 is 47.3. The zero-order chi connectivity index (χ0) is 24.0. The molecule has 0 amide bonds. The molecule has 3 heterocycles. The van der Waals surface area contributed by atoms with Crippen LogP contribution in [0.1, 0.15) is 11.1 Å². The number of fused-ring (bicyclic) bond motifs is 3. The zero-order valence-corrected chi connectivity index (χ0v) is 19.5. The van der Waals surface area contributed by atoms with E-state index < -0.39 is 15.8 Å². The van der Waals surface area contributed by atoms with E-state index in [1.807, 2.05) is 6.92 Å². The van der Waals surface area contributed by atoms with E-state index in [-0.39, 0.29) is 10.5 Å². The lowest BCUT2D eigenvalue weighted by Gasteiger charge is -2.27. The van der Waals surface area contributed by atoms with E-state index in [0.717, 1.165) is 5.56 Å². The minimum absolute atomic E-state index is 0.201. The number of benzene rings is 2. The van der Waals surface area contributed by atoms with Crippen LogP contribution in [0.5, 0.6) is 0 Å². The Balaban J connectivity index is 1.66. The molecular formula is C24H23FN4O4S. The fraction of sp³-hybridized carbons (Fsp3) is 0.250. The van der Waals surface area contributed by atoms with Gasteiger partial charge in [-0.3, -0.25) is 4.79 Å². The number of aryl methyl sites for hydroxylation is 2. The second-order valence-corrected chi connectivity index (χ2v) is 10.2. The van der Waals surface area contributed by atoms with Crippen molar-refractivity contribution in [1.29, 1.82) is 0 Å². The average Bonchev–Trinajstić information content (AvgIpc) is 2.81. The number of ether oxygens (including phenoxy) is 1. The second kappa shape index (κ2) is 8.46. The van der Waals surface area contributed by atoms with Crippen LogP contribution >= 0.6 is 0 Å². The van der Waals surface area contributed by atoms with E-state index in [4.69, 9.17) is 4.74 Å². The third-order valence-electron chi connectivity index (χ3n) is 6.04. The molecule has 2 aromatic carbocycles. The molecule has 0 aliphatic carbocycles. The Labute approximate surface area is 195 Å². The van der Waals surface area contributed by atoms with Crippen molar-refractivity contribution >= 4 is 43.2 Å². The topological polar surface area (TPSA) is 104 Å². The molecule has 8 nitrogen and oxygen atoms in total.